The first-order valence-corrected chi connectivity index (χ1v) is 11.6. The summed E-state index contributed by atoms with van der Waals surface area (Å²) in [5.74, 6) is -5.53. The van der Waals surface area contributed by atoms with Crippen LogP contribution in [0.5, 0.6) is 0 Å². The average Bonchev–Trinajstić information content (AvgIpc) is 3.43. The number of benzene rings is 2. The summed E-state index contributed by atoms with van der Waals surface area (Å²) in [7, 11) is 3.27. The molecular formula is C27H18F6N4O. The van der Waals surface area contributed by atoms with Crippen LogP contribution < -0.4 is 4.90 Å². The molecule has 0 spiro atoms. The Labute approximate surface area is 211 Å². The van der Waals surface area contributed by atoms with Crippen molar-refractivity contribution in [2.24, 2.45) is 7.05 Å². The average molecular weight is 528 g/mol. The van der Waals surface area contributed by atoms with Gasteiger partial charge in [0, 0.05) is 48.9 Å². The molecule has 0 fully saturated rings. The topological polar surface area (TPSA) is 42.5 Å². The van der Waals surface area contributed by atoms with Crippen LogP contribution in [-0.2, 0) is 19.6 Å². The summed E-state index contributed by atoms with van der Waals surface area (Å²) in [4.78, 5) is 15.1. The van der Waals surface area contributed by atoms with Gasteiger partial charge in [-0.05, 0) is 42.3 Å². The third-order valence-corrected chi connectivity index (χ3v) is 7.05. The van der Waals surface area contributed by atoms with Crippen LogP contribution in [-0.4, -0.2) is 33.6 Å². The molecule has 0 bridgehead atoms. The number of halogens is 6. The minimum atomic E-state index is -4.70. The van der Waals surface area contributed by atoms with Gasteiger partial charge >= 0.3 is 6.18 Å². The van der Waals surface area contributed by atoms with E-state index in [4.69, 9.17) is 0 Å². The third kappa shape index (κ3) is 3.41. The molecule has 2 aromatic carbocycles. The lowest BCUT2D eigenvalue weighted by Gasteiger charge is -2.29. The Morgan fingerprint density at radius 1 is 1.03 bits per heavy atom. The number of hydrogen-bond acceptors (Lipinski definition) is 3. The Hall–Kier alpha value is -4.28. The second-order valence-corrected chi connectivity index (χ2v) is 9.30. The first-order chi connectivity index (χ1) is 18.0. The van der Waals surface area contributed by atoms with E-state index in [9.17, 15) is 31.1 Å². The van der Waals surface area contributed by atoms with E-state index >= 15 is 0 Å². The van der Waals surface area contributed by atoms with Gasteiger partial charge in [0.05, 0.1) is 34.2 Å². The number of hydrogen-bond donors (Lipinski definition) is 0. The van der Waals surface area contributed by atoms with Gasteiger partial charge < -0.3 is 9.30 Å². The van der Waals surface area contributed by atoms with Crippen molar-refractivity contribution in [1.82, 2.24) is 14.2 Å². The van der Waals surface area contributed by atoms with Crippen LogP contribution >= 0.6 is 0 Å². The lowest BCUT2D eigenvalue weighted by atomic mass is 9.91. The number of aromatic nitrogens is 3. The number of carbonyl (C=O) groups is 1. The summed E-state index contributed by atoms with van der Waals surface area (Å²) >= 11 is 0. The molecule has 194 valence electrons. The summed E-state index contributed by atoms with van der Waals surface area (Å²) in [6.45, 7) is 0.319. The molecule has 5 nitrogen and oxygen atoms in total. The number of fused-ring (bicyclic) bond motifs is 4. The highest BCUT2D eigenvalue weighted by atomic mass is 19.4. The monoisotopic (exact) mass is 528 g/mol. The molecule has 38 heavy (non-hydrogen) atoms. The molecule has 5 aromatic rings. The van der Waals surface area contributed by atoms with Crippen molar-refractivity contribution in [3.8, 4) is 11.1 Å². The van der Waals surface area contributed by atoms with Crippen LogP contribution in [0.25, 0.3) is 27.5 Å². The molecule has 0 saturated carbocycles. The van der Waals surface area contributed by atoms with Gasteiger partial charge in [0.1, 0.15) is 0 Å². The smallest absolute Gasteiger partial charge is 0.373 e. The van der Waals surface area contributed by atoms with Crippen molar-refractivity contribution < 1.29 is 31.1 Å². The van der Waals surface area contributed by atoms with Crippen LogP contribution in [0.4, 0.5) is 32.0 Å². The molecule has 4 heterocycles. The van der Waals surface area contributed by atoms with Gasteiger partial charge in [-0.3, -0.25) is 9.48 Å². The summed E-state index contributed by atoms with van der Waals surface area (Å²) in [5.41, 5.74) is 0.558. The molecule has 3 aromatic heterocycles. The number of rotatable bonds is 2. The van der Waals surface area contributed by atoms with Crippen LogP contribution in [0, 0.1) is 17.5 Å². The number of nitrogens with zero attached hydrogens (tertiary/aromatic N) is 4. The molecule has 0 saturated heterocycles. The van der Waals surface area contributed by atoms with Crippen molar-refractivity contribution in [1.29, 1.82) is 0 Å². The predicted octanol–water partition coefficient (Wildman–Crippen LogP) is 6.15. The maximum Gasteiger partial charge on any atom is 0.417 e. The normalized spacial score (nSPS) is 13.6. The fraction of sp³-hybridized carbons (Fsp3) is 0.185. The predicted molar refractivity (Wildman–Crippen MR) is 129 cm³/mol. The Morgan fingerprint density at radius 2 is 1.74 bits per heavy atom. The van der Waals surface area contributed by atoms with Crippen molar-refractivity contribution in [3.05, 3.63) is 88.6 Å². The van der Waals surface area contributed by atoms with Crippen molar-refractivity contribution >= 4 is 27.9 Å². The molecule has 6 rings (SSSR count). The molecule has 1 aliphatic heterocycles. The highest BCUT2D eigenvalue weighted by Gasteiger charge is 2.38. The fourth-order valence-electron chi connectivity index (χ4n) is 5.31. The van der Waals surface area contributed by atoms with Gasteiger partial charge in [-0.25, -0.2) is 13.2 Å². The molecule has 0 unspecified atom stereocenters. The highest BCUT2D eigenvalue weighted by Crippen LogP contribution is 2.48. The number of carbonyl (C=O) groups excluding carboxylic acids is 1. The van der Waals surface area contributed by atoms with Gasteiger partial charge in [0.2, 0.25) is 5.78 Å². The molecule has 0 aliphatic carbocycles. The molecule has 0 amide bonds. The lowest BCUT2D eigenvalue weighted by Crippen LogP contribution is -2.24. The van der Waals surface area contributed by atoms with Crippen molar-refractivity contribution in [2.45, 2.75) is 12.6 Å². The number of ketones is 1. The van der Waals surface area contributed by atoms with E-state index in [0.29, 0.717) is 52.8 Å². The number of aryl methyl sites for hydroxylation is 1. The minimum Gasteiger partial charge on any atom is -0.373 e. The van der Waals surface area contributed by atoms with Gasteiger partial charge in [-0.1, -0.05) is 6.07 Å². The second kappa shape index (κ2) is 8.11. The van der Waals surface area contributed by atoms with Crippen LogP contribution in [0.1, 0.15) is 27.2 Å². The zero-order valence-electron chi connectivity index (χ0n) is 20.0. The van der Waals surface area contributed by atoms with Crippen molar-refractivity contribution in [3.63, 3.8) is 0 Å². The molecular weight excluding hydrogens is 510 g/mol. The van der Waals surface area contributed by atoms with Gasteiger partial charge in [0.15, 0.2) is 17.5 Å². The first-order valence-electron chi connectivity index (χ1n) is 11.6. The van der Waals surface area contributed by atoms with Crippen molar-refractivity contribution in [2.75, 3.05) is 18.5 Å². The zero-order valence-corrected chi connectivity index (χ0v) is 20.0. The van der Waals surface area contributed by atoms with E-state index in [1.165, 1.54) is 33.6 Å². The third-order valence-electron chi connectivity index (χ3n) is 7.05. The van der Waals surface area contributed by atoms with E-state index in [0.717, 1.165) is 6.07 Å². The van der Waals surface area contributed by atoms with Gasteiger partial charge in [0.25, 0.3) is 0 Å². The summed E-state index contributed by atoms with van der Waals surface area (Å²) in [6.07, 6.45) is -1.30. The molecule has 0 N–H and O–H groups in total. The number of likely N-dealkylation sites (N-methyl/N-ethyl adjacent to an activating group) is 1. The fourth-order valence-corrected chi connectivity index (χ4v) is 5.31. The van der Waals surface area contributed by atoms with Crippen LogP contribution in [0.2, 0.25) is 0 Å². The maximum absolute atomic E-state index is 14.5. The van der Waals surface area contributed by atoms with E-state index < -0.39 is 40.5 Å². The molecule has 0 radical (unpaired) electrons. The Bertz CT molecular complexity index is 1780. The molecule has 1 aliphatic rings. The van der Waals surface area contributed by atoms with E-state index in [1.54, 1.807) is 25.1 Å². The van der Waals surface area contributed by atoms with E-state index in [2.05, 4.69) is 5.10 Å². The SMILES string of the molecule is CN1CCc2cc(C(=O)c3cc(F)c(F)c(F)c3)n3cccc(c23)-c2c(C(F)(F)F)cc3c(cnn3C)c21. The maximum atomic E-state index is 14.5. The Morgan fingerprint density at radius 3 is 2.42 bits per heavy atom. The zero-order chi connectivity index (χ0) is 27.1. The van der Waals surface area contributed by atoms with E-state index in [-0.39, 0.29) is 16.8 Å². The minimum absolute atomic E-state index is 0.00984. The second-order valence-electron chi connectivity index (χ2n) is 9.30. The van der Waals surface area contributed by atoms with Crippen LogP contribution in [0.3, 0.4) is 0 Å². The lowest BCUT2D eigenvalue weighted by molar-refractivity contribution is -0.137. The highest BCUT2D eigenvalue weighted by molar-refractivity contribution is 6.11. The van der Waals surface area contributed by atoms with Gasteiger partial charge in [-0.15, -0.1) is 0 Å². The molecule has 0 atom stereocenters. The number of anilines is 1. The van der Waals surface area contributed by atoms with E-state index in [1.807, 2.05) is 0 Å². The van der Waals surface area contributed by atoms with Gasteiger partial charge in [-0.2, -0.15) is 18.3 Å². The summed E-state index contributed by atoms with van der Waals surface area (Å²) in [5, 5.41) is 4.72. The largest absolute Gasteiger partial charge is 0.417 e. The standard InChI is InChI=1S/C27H18F6N4O/c1-35-7-5-13-10-21(26(38)14-8-18(28)23(30)19(29)9-14)37-6-3-4-15(24(13)37)22-17(27(31,32)33)11-20-16(25(22)35)12-34-36(20)2/h3-4,6,8-12H,5,7H2,1-2H3. The van der Waals surface area contributed by atoms with Crippen LogP contribution in [0.15, 0.2) is 48.8 Å². The summed E-state index contributed by atoms with van der Waals surface area (Å²) in [6, 6.07) is 6.85. The number of pyridine rings is 1. The Balaban J connectivity index is 1.68. The molecule has 11 heteroatoms. The summed E-state index contributed by atoms with van der Waals surface area (Å²) < 4.78 is 87.6. The quantitative estimate of drug-likeness (QED) is 0.157. The Kier molecular flexibility index (Phi) is 5.14. The first kappa shape index (κ1) is 24.1. The number of alkyl halides is 3.